The summed E-state index contributed by atoms with van der Waals surface area (Å²) in [5.41, 5.74) is 1.33. The van der Waals surface area contributed by atoms with Crippen LogP contribution in [0.15, 0.2) is 82.4 Å². The minimum atomic E-state index is -1.04. The molecule has 37 heavy (non-hydrogen) atoms. The summed E-state index contributed by atoms with van der Waals surface area (Å²) in [6, 6.07) is 20.3. The van der Waals surface area contributed by atoms with E-state index in [0.717, 1.165) is 5.56 Å². The first-order valence-corrected chi connectivity index (χ1v) is 12.1. The summed E-state index contributed by atoms with van der Waals surface area (Å²) in [5, 5.41) is 13.0. The van der Waals surface area contributed by atoms with Crippen molar-refractivity contribution in [1.29, 1.82) is 0 Å². The molecular weight excluding hydrogens is 494 g/mol. The van der Waals surface area contributed by atoms with Crippen molar-refractivity contribution in [2.45, 2.75) is 33.4 Å². The molecule has 0 bridgehead atoms. The van der Waals surface area contributed by atoms with Gasteiger partial charge in [-0.05, 0) is 73.5 Å². The van der Waals surface area contributed by atoms with Crippen molar-refractivity contribution in [2.24, 2.45) is 0 Å². The number of aromatic nitrogens is 2. The van der Waals surface area contributed by atoms with Gasteiger partial charge < -0.3 is 15.2 Å². The van der Waals surface area contributed by atoms with Gasteiger partial charge in [0.25, 0.3) is 5.56 Å². The topological polar surface area (TPSA) is 103 Å². The molecule has 0 radical (unpaired) electrons. The average Bonchev–Trinajstić information content (AvgIpc) is 2.89. The van der Waals surface area contributed by atoms with E-state index in [1.54, 1.807) is 60.0 Å². The highest BCUT2D eigenvalue weighted by atomic mass is 35.5. The monoisotopic (exact) mass is 519 g/mol. The first kappa shape index (κ1) is 25.8. The Morgan fingerprint density at radius 3 is 2.32 bits per heavy atom. The van der Waals surface area contributed by atoms with Crippen LogP contribution in [-0.4, -0.2) is 20.2 Å². The fourth-order valence-corrected chi connectivity index (χ4v) is 4.03. The minimum absolute atomic E-state index is 0.128. The molecule has 9 heteroatoms. The number of ether oxygens (including phenoxy) is 1. The molecule has 8 nitrogen and oxygen atoms in total. The molecule has 4 rings (SSSR count). The van der Waals surface area contributed by atoms with Crippen LogP contribution in [0.25, 0.3) is 0 Å². The number of rotatable bonds is 9. The highest BCUT2D eigenvalue weighted by Gasteiger charge is 2.17. The van der Waals surface area contributed by atoms with E-state index in [-0.39, 0.29) is 17.7 Å². The highest BCUT2D eigenvalue weighted by molar-refractivity contribution is 6.30. The Bertz CT molecular complexity index is 1540. The van der Waals surface area contributed by atoms with Crippen LogP contribution in [0.4, 0.5) is 11.5 Å². The molecule has 2 N–H and O–H groups in total. The molecule has 190 valence electrons. The highest BCUT2D eigenvalue weighted by Crippen LogP contribution is 2.26. The van der Waals surface area contributed by atoms with Crippen molar-refractivity contribution in [3.63, 3.8) is 0 Å². The van der Waals surface area contributed by atoms with Gasteiger partial charge in [0.2, 0.25) is 0 Å². The molecule has 0 saturated carbocycles. The van der Waals surface area contributed by atoms with Crippen LogP contribution >= 0.6 is 11.6 Å². The van der Waals surface area contributed by atoms with Crippen LogP contribution in [0.1, 0.15) is 34.8 Å². The van der Waals surface area contributed by atoms with E-state index in [2.05, 4.69) is 5.32 Å². The van der Waals surface area contributed by atoms with Gasteiger partial charge in [0, 0.05) is 17.3 Å². The second kappa shape index (κ2) is 11.2. The zero-order valence-corrected chi connectivity index (χ0v) is 21.2. The fourth-order valence-electron chi connectivity index (χ4n) is 3.91. The number of hydrogen-bond donors (Lipinski definition) is 2. The zero-order valence-electron chi connectivity index (χ0n) is 20.4. The summed E-state index contributed by atoms with van der Waals surface area (Å²) in [6.07, 6.45) is 0.652. The molecule has 0 saturated heterocycles. The molecule has 0 spiro atoms. The summed E-state index contributed by atoms with van der Waals surface area (Å²) >= 11 is 6.02. The Hall–Kier alpha value is -4.30. The summed E-state index contributed by atoms with van der Waals surface area (Å²) < 4.78 is 8.60. The fraction of sp³-hybridized carbons (Fsp3) is 0.179. The van der Waals surface area contributed by atoms with E-state index in [4.69, 9.17) is 16.3 Å². The summed E-state index contributed by atoms with van der Waals surface area (Å²) in [5.74, 6) is 0.264. The predicted octanol–water partition coefficient (Wildman–Crippen LogP) is 5.66. The largest absolute Gasteiger partial charge is 0.478 e. The molecule has 4 aromatic rings. The number of halogens is 1. The lowest BCUT2D eigenvalue weighted by Gasteiger charge is -2.19. The second-order valence-corrected chi connectivity index (χ2v) is 8.95. The van der Waals surface area contributed by atoms with Crippen molar-refractivity contribution in [3.05, 3.63) is 115 Å². The van der Waals surface area contributed by atoms with Crippen LogP contribution in [0, 0.1) is 6.92 Å². The van der Waals surface area contributed by atoms with Crippen molar-refractivity contribution >= 4 is 29.1 Å². The van der Waals surface area contributed by atoms with Gasteiger partial charge in [-0.2, -0.15) is 0 Å². The molecule has 0 aliphatic heterocycles. The number of aromatic carboxylic acids is 1. The zero-order chi connectivity index (χ0) is 26.5. The van der Waals surface area contributed by atoms with Gasteiger partial charge in [0.15, 0.2) is 0 Å². The first-order valence-electron chi connectivity index (χ1n) is 11.7. The Morgan fingerprint density at radius 1 is 0.973 bits per heavy atom. The van der Waals surface area contributed by atoms with E-state index < -0.39 is 11.7 Å². The lowest BCUT2D eigenvalue weighted by molar-refractivity contribution is 0.0696. The molecule has 0 fully saturated rings. The number of nitrogens with one attached hydrogen (secondary N) is 1. The third-order valence-electron chi connectivity index (χ3n) is 5.79. The first-order chi connectivity index (χ1) is 17.8. The van der Waals surface area contributed by atoms with E-state index in [1.165, 1.54) is 16.7 Å². The summed E-state index contributed by atoms with van der Waals surface area (Å²) in [7, 11) is 0. The van der Waals surface area contributed by atoms with Crippen molar-refractivity contribution < 1.29 is 14.6 Å². The van der Waals surface area contributed by atoms with E-state index in [9.17, 15) is 19.5 Å². The average molecular weight is 520 g/mol. The smallest absolute Gasteiger partial charge is 0.335 e. The maximum absolute atomic E-state index is 13.3. The minimum Gasteiger partial charge on any atom is -0.478 e. The Kier molecular flexibility index (Phi) is 7.79. The van der Waals surface area contributed by atoms with Crippen LogP contribution in [-0.2, 0) is 13.1 Å². The van der Waals surface area contributed by atoms with Crippen molar-refractivity contribution in [2.75, 3.05) is 5.32 Å². The number of hydrogen-bond acceptors (Lipinski definition) is 5. The maximum atomic E-state index is 13.3. The van der Waals surface area contributed by atoms with Crippen LogP contribution in [0.2, 0.25) is 5.02 Å². The molecule has 0 aliphatic rings. The van der Waals surface area contributed by atoms with Gasteiger partial charge in [-0.3, -0.25) is 13.9 Å². The molecule has 3 aromatic carbocycles. The van der Waals surface area contributed by atoms with Gasteiger partial charge in [0.05, 0.1) is 17.7 Å². The molecule has 1 heterocycles. The third-order valence-corrected chi connectivity index (χ3v) is 6.04. The molecule has 0 unspecified atom stereocenters. The molecule has 0 amide bonds. The number of carboxylic acids is 1. The molecule has 1 aromatic heterocycles. The van der Waals surface area contributed by atoms with Crippen LogP contribution in [0.5, 0.6) is 11.5 Å². The van der Waals surface area contributed by atoms with Gasteiger partial charge in [0.1, 0.15) is 17.3 Å². The Balaban J connectivity index is 1.66. The molecule has 0 atom stereocenters. The van der Waals surface area contributed by atoms with E-state index in [0.29, 0.717) is 46.6 Å². The van der Waals surface area contributed by atoms with Crippen molar-refractivity contribution in [3.8, 4) is 11.5 Å². The Labute approximate surface area is 218 Å². The van der Waals surface area contributed by atoms with E-state index >= 15 is 0 Å². The second-order valence-electron chi connectivity index (χ2n) is 8.51. The quantitative estimate of drug-likeness (QED) is 0.295. The van der Waals surface area contributed by atoms with Crippen LogP contribution in [0.3, 0.4) is 0 Å². The predicted molar refractivity (Wildman–Crippen MR) is 144 cm³/mol. The molecule has 0 aliphatic carbocycles. The Morgan fingerprint density at radius 2 is 1.68 bits per heavy atom. The maximum Gasteiger partial charge on any atom is 0.335 e. The molecular formula is C28H26ClN3O5. The van der Waals surface area contributed by atoms with Crippen molar-refractivity contribution in [1.82, 2.24) is 9.13 Å². The van der Waals surface area contributed by atoms with Gasteiger partial charge in [-0.25, -0.2) is 9.59 Å². The lowest BCUT2D eigenvalue weighted by Crippen LogP contribution is -2.42. The third kappa shape index (κ3) is 5.92. The number of carbonyl (C=O) groups is 1. The number of carboxylic acid groups (broad SMARTS) is 1. The summed E-state index contributed by atoms with van der Waals surface area (Å²) in [6.45, 7) is 4.19. The van der Waals surface area contributed by atoms with E-state index in [1.807, 2.05) is 19.1 Å². The number of benzene rings is 3. The SMILES string of the molecule is CCCn1c(=O)c(C)c(Nc2ccc(Oc3cccc(C(=O)O)c3)cc2)n(Cc2ccc(Cl)cc2)c1=O. The van der Waals surface area contributed by atoms with Crippen LogP contribution < -0.4 is 21.3 Å². The van der Waals surface area contributed by atoms with Gasteiger partial charge >= 0.3 is 11.7 Å². The number of nitrogens with zero attached hydrogens (tertiary/aromatic N) is 2. The van der Waals surface area contributed by atoms with Gasteiger partial charge in [-0.15, -0.1) is 0 Å². The van der Waals surface area contributed by atoms with Gasteiger partial charge in [-0.1, -0.05) is 36.7 Å². The summed E-state index contributed by atoms with van der Waals surface area (Å²) in [4.78, 5) is 37.5. The number of anilines is 2. The standard InChI is InChI=1S/C28H26ClN3O5/c1-3-15-31-26(33)18(2)25(32(28(31)36)17-19-7-9-21(29)10-8-19)30-22-11-13-23(14-12-22)37-24-6-4-5-20(16-24)27(34)35/h4-14,16,30H,3,15,17H2,1-2H3,(H,34,35). The normalized spacial score (nSPS) is 10.8. The lowest BCUT2D eigenvalue weighted by atomic mass is 10.2.